The third-order valence-electron chi connectivity index (χ3n) is 5.97. The van der Waals surface area contributed by atoms with E-state index in [-0.39, 0.29) is 30.1 Å². The van der Waals surface area contributed by atoms with Crippen molar-refractivity contribution in [2.24, 2.45) is 0 Å². The largest absolute Gasteiger partial charge is 0.343 e. The quantitative estimate of drug-likeness (QED) is 0.784. The summed E-state index contributed by atoms with van der Waals surface area (Å²) in [6.07, 6.45) is 3.48. The summed E-state index contributed by atoms with van der Waals surface area (Å²) in [4.78, 5) is 29.8. The molecule has 1 saturated heterocycles. The van der Waals surface area contributed by atoms with Gasteiger partial charge in [-0.15, -0.1) is 0 Å². The number of anilines is 1. The lowest BCUT2D eigenvalue weighted by molar-refractivity contribution is -0.132. The summed E-state index contributed by atoms with van der Waals surface area (Å²) in [5.41, 5.74) is 4.30. The number of halogens is 1. The number of rotatable bonds is 3. The molecule has 2 aromatic rings. The summed E-state index contributed by atoms with van der Waals surface area (Å²) in [5.74, 6) is -0.391. The van der Waals surface area contributed by atoms with Crippen LogP contribution in [0.25, 0.3) is 0 Å². The van der Waals surface area contributed by atoms with E-state index in [1.54, 1.807) is 17.0 Å². The van der Waals surface area contributed by atoms with E-state index in [0.29, 0.717) is 11.3 Å². The summed E-state index contributed by atoms with van der Waals surface area (Å²) < 4.78 is 13.4. The molecule has 2 amide bonds. The fraction of sp³-hybridized carbons (Fsp3) is 0.391. The van der Waals surface area contributed by atoms with Gasteiger partial charge in [0.05, 0.1) is 12.5 Å². The molecule has 2 aliphatic rings. The maximum atomic E-state index is 13.4. The predicted molar refractivity (Wildman–Crippen MR) is 107 cm³/mol. The molecule has 0 bridgehead atoms. The Morgan fingerprint density at radius 2 is 1.68 bits per heavy atom. The van der Waals surface area contributed by atoms with E-state index in [1.807, 2.05) is 30.9 Å². The molecule has 0 spiro atoms. The maximum absolute atomic E-state index is 13.4. The highest BCUT2D eigenvalue weighted by atomic mass is 19.1. The zero-order valence-corrected chi connectivity index (χ0v) is 16.4. The number of benzene rings is 2. The number of piperidine rings is 1. The standard InChI is InChI=1S/C23H25FN2O2/c1-15-12-19-20(13-16(15)2)23(28)26(18-8-6-17(24)7-9-18)21(19)14-22(27)25-10-4-3-5-11-25/h6-9,12-13,21H,3-5,10-11,14H2,1-2H3. The Labute approximate surface area is 164 Å². The van der Waals surface area contributed by atoms with Crippen LogP contribution in [-0.2, 0) is 4.79 Å². The highest BCUT2D eigenvalue weighted by Gasteiger charge is 2.40. The summed E-state index contributed by atoms with van der Waals surface area (Å²) in [5, 5.41) is 0. The monoisotopic (exact) mass is 380 g/mol. The minimum Gasteiger partial charge on any atom is -0.343 e. The number of aryl methyl sites for hydroxylation is 2. The molecule has 4 rings (SSSR count). The van der Waals surface area contributed by atoms with Crippen molar-refractivity contribution in [2.45, 2.75) is 45.6 Å². The lowest BCUT2D eigenvalue weighted by Gasteiger charge is -2.30. The molecular weight excluding hydrogens is 355 g/mol. The van der Waals surface area contributed by atoms with Crippen LogP contribution < -0.4 is 4.90 Å². The van der Waals surface area contributed by atoms with Gasteiger partial charge in [0.2, 0.25) is 5.91 Å². The first-order valence-electron chi connectivity index (χ1n) is 9.94. The molecule has 1 fully saturated rings. The van der Waals surface area contributed by atoms with Crippen LogP contribution in [0.2, 0.25) is 0 Å². The highest BCUT2D eigenvalue weighted by Crippen LogP contribution is 2.41. The number of likely N-dealkylation sites (tertiary alicyclic amines) is 1. The normalized spacial score (nSPS) is 19.1. The first-order valence-corrected chi connectivity index (χ1v) is 9.94. The van der Waals surface area contributed by atoms with Crippen molar-refractivity contribution < 1.29 is 14.0 Å². The van der Waals surface area contributed by atoms with Crippen LogP contribution >= 0.6 is 0 Å². The van der Waals surface area contributed by atoms with Crippen molar-refractivity contribution in [3.05, 3.63) is 64.5 Å². The SMILES string of the molecule is Cc1cc2c(cc1C)C(CC(=O)N1CCCCC1)N(c1ccc(F)cc1)C2=O. The van der Waals surface area contributed by atoms with Crippen LogP contribution in [0.5, 0.6) is 0 Å². The minimum absolute atomic E-state index is 0.0793. The third kappa shape index (κ3) is 3.30. The van der Waals surface area contributed by atoms with Crippen molar-refractivity contribution in [3.63, 3.8) is 0 Å². The molecule has 5 heteroatoms. The molecule has 0 aromatic heterocycles. The first kappa shape index (κ1) is 18.7. The van der Waals surface area contributed by atoms with Crippen LogP contribution in [0, 0.1) is 19.7 Å². The minimum atomic E-state index is -0.360. The Morgan fingerprint density at radius 3 is 2.36 bits per heavy atom. The van der Waals surface area contributed by atoms with Crippen molar-refractivity contribution in [1.29, 1.82) is 0 Å². The Hall–Kier alpha value is -2.69. The summed E-state index contributed by atoms with van der Waals surface area (Å²) in [6.45, 7) is 5.58. The fourth-order valence-electron chi connectivity index (χ4n) is 4.25. The van der Waals surface area contributed by atoms with Gasteiger partial charge in [0.15, 0.2) is 0 Å². The van der Waals surface area contributed by atoms with E-state index >= 15 is 0 Å². The molecule has 1 atom stereocenters. The van der Waals surface area contributed by atoms with E-state index in [2.05, 4.69) is 0 Å². The van der Waals surface area contributed by atoms with E-state index in [1.165, 1.54) is 12.1 Å². The number of hydrogen-bond acceptors (Lipinski definition) is 2. The summed E-state index contributed by atoms with van der Waals surface area (Å²) >= 11 is 0. The van der Waals surface area contributed by atoms with Gasteiger partial charge >= 0.3 is 0 Å². The number of fused-ring (bicyclic) bond motifs is 1. The lowest BCUT2D eigenvalue weighted by Crippen LogP contribution is -2.38. The number of hydrogen-bond donors (Lipinski definition) is 0. The van der Waals surface area contributed by atoms with Gasteiger partial charge in [0.25, 0.3) is 5.91 Å². The second kappa shape index (κ2) is 7.38. The smallest absolute Gasteiger partial charge is 0.259 e. The molecule has 0 aliphatic carbocycles. The Bertz CT molecular complexity index is 917. The average molecular weight is 380 g/mol. The first-order chi connectivity index (χ1) is 13.5. The highest BCUT2D eigenvalue weighted by molar-refractivity contribution is 6.11. The Balaban J connectivity index is 1.72. The van der Waals surface area contributed by atoms with Gasteiger partial charge in [0.1, 0.15) is 5.82 Å². The van der Waals surface area contributed by atoms with E-state index < -0.39 is 0 Å². The van der Waals surface area contributed by atoms with Gasteiger partial charge in [0, 0.05) is 24.3 Å². The number of nitrogens with zero attached hydrogens (tertiary/aromatic N) is 2. The van der Waals surface area contributed by atoms with Crippen molar-refractivity contribution >= 4 is 17.5 Å². The number of amides is 2. The third-order valence-corrected chi connectivity index (χ3v) is 5.97. The van der Waals surface area contributed by atoms with E-state index in [0.717, 1.165) is 49.0 Å². The molecule has 146 valence electrons. The Kier molecular flexibility index (Phi) is 4.92. The van der Waals surface area contributed by atoms with Gasteiger partial charge in [-0.3, -0.25) is 9.59 Å². The lowest BCUT2D eigenvalue weighted by atomic mass is 9.96. The van der Waals surface area contributed by atoms with E-state index in [4.69, 9.17) is 0 Å². The average Bonchev–Trinajstić information content (AvgIpc) is 2.95. The van der Waals surface area contributed by atoms with E-state index in [9.17, 15) is 14.0 Å². The second-order valence-electron chi connectivity index (χ2n) is 7.84. The maximum Gasteiger partial charge on any atom is 0.259 e. The zero-order chi connectivity index (χ0) is 19.8. The molecule has 2 heterocycles. The molecule has 1 unspecified atom stereocenters. The van der Waals surface area contributed by atoms with Crippen LogP contribution in [0.1, 0.15) is 58.8 Å². The van der Waals surface area contributed by atoms with Crippen molar-refractivity contribution in [1.82, 2.24) is 4.90 Å². The second-order valence-corrected chi connectivity index (χ2v) is 7.84. The number of carbonyl (C=O) groups excluding carboxylic acids is 2. The fourth-order valence-corrected chi connectivity index (χ4v) is 4.25. The van der Waals surface area contributed by atoms with Gasteiger partial charge in [-0.1, -0.05) is 6.07 Å². The predicted octanol–water partition coefficient (Wildman–Crippen LogP) is 4.55. The molecule has 4 nitrogen and oxygen atoms in total. The summed E-state index contributed by atoms with van der Waals surface area (Å²) in [7, 11) is 0. The molecule has 0 radical (unpaired) electrons. The Morgan fingerprint density at radius 1 is 1.04 bits per heavy atom. The zero-order valence-electron chi connectivity index (χ0n) is 16.4. The molecule has 0 N–H and O–H groups in total. The summed E-state index contributed by atoms with van der Waals surface area (Å²) in [6, 6.07) is 9.50. The van der Waals surface area contributed by atoms with Gasteiger partial charge < -0.3 is 9.80 Å². The number of carbonyl (C=O) groups is 2. The molecular formula is C23H25FN2O2. The molecule has 0 saturated carbocycles. The van der Waals surface area contributed by atoms with Crippen LogP contribution in [0.15, 0.2) is 36.4 Å². The topological polar surface area (TPSA) is 40.6 Å². The van der Waals surface area contributed by atoms with Crippen LogP contribution in [0.3, 0.4) is 0 Å². The molecule has 2 aliphatic heterocycles. The van der Waals surface area contributed by atoms with Gasteiger partial charge in [-0.05, 0) is 80.1 Å². The van der Waals surface area contributed by atoms with Crippen molar-refractivity contribution in [3.8, 4) is 0 Å². The molecule has 28 heavy (non-hydrogen) atoms. The van der Waals surface area contributed by atoms with Crippen LogP contribution in [-0.4, -0.2) is 29.8 Å². The van der Waals surface area contributed by atoms with Crippen molar-refractivity contribution in [2.75, 3.05) is 18.0 Å². The van der Waals surface area contributed by atoms with Gasteiger partial charge in [-0.25, -0.2) is 4.39 Å². The van der Waals surface area contributed by atoms with Gasteiger partial charge in [-0.2, -0.15) is 0 Å². The van der Waals surface area contributed by atoms with Crippen LogP contribution in [0.4, 0.5) is 10.1 Å². The molecule has 2 aromatic carbocycles.